The van der Waals surface area contributed by atoms with Gasteiger partial charge in [-0.2, -0.15) is 5.10 Å². The van der Waals surface area contributed by atoms with Crippen LogP contribution < -0.4 is 10.9 Å². The zero-order valence-electron chi connectivity index (χ0n) is 15.4. The number of benzene rings is 2. The zero-order chi connectivity index (χ0) is 19.8. The van der Waals surface area contributed by atoms with E-state index in [9.17, 15) is 9.59 Å². The van der Waals surface area contributed by atoms with Gasteiger partial charge in [-0.25, -0.2) is 4.68 Å². The first kappa shape index (κ1) is 18.7. The molecule has 2 aromatic heterocycles. The van der Waals surface area contributed by atoms with Gasteiger partial charge >= 0.3 is 0 Å². The molecule has 5 nitrogen and oxygen atoms in total. The molecule has 0 aliphatic carbocycles. The second-order valence-corrected chi connectivity index (χ2v) is 8.08. The molecular weight excluding hydrogens is 394 g/mol. The molecule has 0 spiro atoms. The van der Waals surface area contributed by atoms with Gasteiger partial charge in [0, 0.05) is 21.7 Å². The number of halogens is 1. The summed E-state index contributed by atoms with van der Waals surface area (Å²) in [5, 5.41) is 9.37. The van der Waals surface area contributed by atoms with Crippen molar-refractivity contribution in [1.82, 2.24) is 15.1 Å². The van der Waals surface area contributed by atoms with Crippen LogP contribution in [-0.2, 0) is 11.3 Å². The van der Waals surface area contributed by atoms with E-state index in [1.54, 1.807) is 24.3 Å². The molecule has 1 N–H and O–H groups in total. The van der Waals surface area contributed by atoms with Crippen LogP contribution in [0.3, 0.4) is 0 Å². The molecule has 0 saturated heterocycles. The van der Waals surface area contributed by atoms with Gasteiger partial charge in [0.1, 0.15) is 6.04 Å². The maximum atomic E-state index is 13.1. The molecule has 4 aromatic rings. The largest absolute Gasteiger partial charge is 0.350 e. The Morgan fingerprint density at radius 2 is 1.93 bits per heavy atom. The molecule has 0 radical (unpaired) electrons. The summed E-state index contributed by atoms with van der Waals surface area (Å²) in [6.45, 7) is 3.83. The maximum absolute atomic E-state index is 13.1. The lowest BCUT2D eigenvalue weighted by Crippen LogP contribution is -2.37. The van der Waals surface area contributed by atoms with Crippen molar-refractivity contribution in [2.75, 3.05) is 0 Å². The van der Waals surface area contributed by atoms with Crippen LogP contribution in [0, 0.1) is 6.92 Å². The minimum absolute atomic E-state index is 0.251. The lowest BCUT2D eigenvalue weighted by Gasteiger charge is -2.15. The van der Waals surface area contributed by atoms with E-state index in [-0.39, 0.29) is 11.5 Å². The van der Waals surface area contributed by atoms with Gasteiger partial charge in [-0.1, -0.05) is 48.0 Å². The maximum Gasteiger partial charge on any atom is 0.276 e. The van der Waals surface area contributed by atoms with Crippen molar-refractivity contribution < 1.29 is 4.79 Å². The molecule has 1 atom stereocenters. The first-order chi connectivity index (χ1) is 13.5. The van der Waals surface area contributed by atoms with E-state index in [4.69, 9.17) is 11.6 Å². The SMILES string of the molecule is Cc1nn([C@H](C)C(=O)NCc2ccccc2Cl)c(=O)c2c1sc1ccccc12. The van der Waals surface area contributed by atoms with Crippen LogP contribution in [0.15, 0.2) is 53.3 Å². The molecule has 1 amide bonds. The average molecular weight is 412 g/mol. The number of thiophene rings is 1. The van der Waals surface area contributed by atoms with Crippen molar-refractivity contribution >= 4 is 49.0 Å². The molecule has 2 heterocycles. The molecule has 0 saturated carbocycles. The molecule has 0 unspecified atom stereocenters. The number of rotatable bonds is 4. The molecule has 2 aromatic carbocycles. The van der Waals surface area contributed by atoms with Crippen molar-refractivity contribution in [1.29, 1.82) is 0 Å². The molecule has 0 bridgehead atoms. The highest BCUT2D eigenvalue weighted by Crippen LogP contribution is 2.32. The van der Waals surface area contributed by atoms with Gasteiger partial charge in [0.05, 0.1) is 15.8 Å². The molecule has 0 fully saturated rings. The average Bonchev–Trinajstić information content (AvgIpc) is 3.10. The molecular formula is C21H18ClN3O2S. The topological polar surface area (TPSA) is 64.0 Å². The quantitative estimate of drug-likeness (QED) is 0.539. The Kier molecular flexibility index (Phi) is 4.91. The van der Waals surface area contributed by atoms with E-state index in [1.807, 2.05) is 49.4 Å². The number of carbonyl (C=O) groups excluding carboxylic acids is 1. The summed E-state index contributed by atoms with van der Waals surface area (Å²) in [5.74, 6) is -0.284. The van der Waals surface area contributed by atoms with Gasteiger partial charge in [0.25, 0.3) is 5.56 Å². The number of aromatic nitrogens is 2. The lowest BCUT2D eigenvalue weighted by atomic mass is 10.2. The Morgan fingerprint density at radius 1 is 1.21 bits per heavy atom. The molecule has 0 aliphatic heterocycles. The van der Waals surface area contributed by atoms with Crippen molar-refractivity contribution in [3.63, 3.8) is 0 Å². The van der Waals surface area contributed by atoms with Crippen LogP contribution in [0.5, 0.6) is 0 Å². The second kappa shape index (κ2) is 7.37. The third kappa shape index (κ3) is 3.19. The Balaban J connectivity index is 1.69. The fourth-order valence-electron chi connectivity index (χ4n) is 3.22. The van der Waals surface area contributed by atoms with Crippen molar-refractivity contribution in [3.05, 3.63) is 75.2 Å². The van der Waals surface area contributed by atoms with Gasteiger partial charge in [-0.3, -0.25) is 9.59 Å². The number of amides is 1. The first-order valence-corrected chi connectivity index (χ1v) is 10.1. The molecule has 28 heavy (non-hydrogen) atoms. The van der Waals surface area contributed by atoms with Gasteiger partial charge in [0.2, 0.25) is 5.91 Å². The number of fused-ring (bicyclic) bond motifs is 3. The third-order valence-electron chi connectivity index (χ3n) is 4.76. The molecule has 7 heteroatoms. The summed E-state index contributed by atoms with van der Waals surface area (Å²) in [7, 11) is 0. The lowest BCUT2D eigenvalue weighted by molar-refractivity contribution is -0.124. The highest BCUT2D eigenvalue weighted by Gasteiger charge is 2.21. The minimum Gasteiger partial charge on any atom is -0.350 e. The zero-order valence-corrected chi connectivity index (χ0v) is 17.0. The summed E-state index contributed by atoms with van der Waals surface area (Å²) >= 11 is 7.69. The fourth-order valence-corrected chi connectivity index (χ4v) is 4.56. The predicted molar refractivity (Wildman–Crippen MR) is 114 cm³/mol. The molecule has 4 rings (SSSR count). The second-order valence-electron chi connectivity index (χ2n) is 6.62. The van der Waals surface area contributed by atoms with Gasteiger partial charge in [0.15, 0.2) is 0 Å². The van der Waals surface area contributed by atoms with Crippen LogP contribution >= 0.6 is 22.9 Å². The highest BCUT2D eigenvalue weighted by atomic mass is 35.5. The summed E-state index contributed by atoms with van der Waals surface area (Å²) in [4.78, 5) is 25.8. The number of hydrogen-bond acceptors (Lipinski definition) is 4. The molecule has 142 valence electrons. The van der Waals surface area contributed by atoms with E-state index in [0.29, 0.717) is 17.0 Å². The van der Waals surface area contributed by atoms with Crippen molar-refractivity contribution in [2.45, 2.75) is 26.4 Å². The normalized spacial score (nSPS) is 12.4. The number of nitrogens with zero attached hydrogens (tertiary/aromatic N) is 2. The van der Waals surface area contributed by atoms with E-state index in [0.717, 1.165) is 26.0 Å². The van der Waals surface area contributed by atoms with Gasteiger partial charge in [-0.05, 0) is 31.5 Å². The van der Waals surface area contributed by atoms with Crippen LogP contribution in [0.2, 0.25) is 5.02 Å². The number of hydrogen-bond donors (Lipinski definition) is 1. The third-order valence-corrected chi connectivity index (χ3v) is 6.41. The van der Waals surface area contributed by atoms with E-state index < -0.39 is 6.04 Å². The summed E-state index contributed by atoms with van der Waals surface area (Å²) in [5.41, 5.74) is 1.31. The number of nitrogens with one attached hydrogen (secondary N) is 1. The van der Waals surface area contributed by atoms with Crippen LogP contribution in [-0.4, -0.2) is 15.7 Å². The highest BCUT2D eigenvalue weighted by molar-refractivity contribution is 7.26. The standard InChI is InChI=1S/C21H18ClN3O2S/c1-12-19-18(15-8-4-6-10-17(15)28-19)21(27)25(24-12)13(2)20(26)23-11-14-7-3-5-9-16(14)22/h3-10,13H,11H2,1-2H3,(H,23,26)/t13-/m1/s1. The smallest absolute Gasteiger partial charge is 0.276 e. The van der Waals surface area contributed by atoms with Crippen LogP contribution in [0.25, 0.3) is 20.2 Å². The minimum atomic E-state index is -0.739. The molecule has 0 aliphatic rings. The Morgan fingerprint density at radius 3 is 2.71 bits per heavy atom. The predicted octanol–water partition coefficient (Wildman–Crippen LogP) is 4.45. The fraction of sp³-hybridized carbons (Fsp3) is 0.190. The Bertz CT molecular complexity index is 1260. The van der Waals surface area contributed by atoms with E-state index in [1.165, 1.54) is 4.68 Å². The van der Waals surface area contributed by atoms with Gasteiger partial charge in [-0.15, -0.1) is 11.3 Å². The summed E-state index contributed by atoms with van der Waals surface area (Å²) in [6.07, 6.45) is 0. The number of carbonyl (C=O) groups is 1. The monoisotopic (exact) mass is 411 g/mol. The first-order valence-electron chi connectivity index (χ1n) is 8.89. The van der Waals surface area contributed by atoms with Gasteiger partial charge < -0.3 is 5.32 Å². The Labute approximate surface area is 170 Å². The number of aryl methyl sites for hydroxylation is 1. The summed E-state index contributed by atoms with van der Waals surface area (Å²) < 4.78 is 3.18. The van der Waals surface area contributed by atoms with Crippen LogP contribution in [0.1, 0.15) is 24.2 Å². The summed E-state index contributed by atoms with van der Waals surface area (Å²) in [6, 6.07) is 14.4. The van der Waals surface area contributed by atoms with Crippen molar-refractivity contribution in [2.24, 2.45) is 0 Å². The van der Waals surface area contributed by atoms with E-state index >= 15 is 0 Å². The van der Waals surface area contributed by atoms with E-state index in [2.05, 4.69) is 10.4 Å². The van der Waals surface area contributed by atoms with Crippen molar-refractivity contribution in [3.8, 4) is 0 Å². The Hall–Kier alpha value is -2.70. The van der Waals surface area contributed by atoms with Crippen LogP contribution in [0.4, 0.5) is 0 Å².